The maximum absolute atomic E-state index is 11.9. The van der Waals surface area contributed by atoms with E-state index in [0.29, 0.717) is 25.8 Å². The minimum atomic E-state index is -1.02. The third-order valence-electron chi connectivity index (χ3n) is 3.89. The smallest absolute Gasteiger partial charge is 0.355 e. The fourth-order valence-electron chi connectivity index (χ4n) is 2.35. The number of benzene rings is 1. The van der Waals surface area contributed by atoms with Crippen LogP contribution in [0.4, 0.5) is 0 Å². The molecular weight excluding hydrogens is 336 g/mol. The second-order valence-corrected chi connectivity index (χ2v) is 7.92. The molecule has 0 unspecified atom stereocenters. The van der Waals surface area contributed by atoms with Crippen LogP contribution in [0.15, 0.2) is 29.6 Å². The normalized spacial score (nSPS) is 11.3. The van der Waals surface area contributed by atoms with Gasteiger partial charge in [0.15, 0.2) is 5.69 Å². The summed E-state index contributed by atoms with van der Waals surface area (Å²) in [6.45, 7) is 7.00. The molecule has 2 aromatic rings. The minimum absolute atomic E-state index is 0.00471. The predicted molar refractivity (Wildman–Crippen MR) is 99.3 cm³/mol. The number of carboxylic acid groups (broad SMARTS) is 1. The SMILES string of the molecule is CC(C)(C)c1ccc(CCC(=O)NCCc2nc(C(=O)O)cs2)cc1. The fourth-order valence-corrected chi connectivity index (χ4v) is 3.12. The number of carbonyl (C=O) groups excluding carboxylic acids is 1. The molecule has 6 heteroatoms. The molecule has 0 saturated carbocycles. The lowest BCUT2D eigenvalue weighted by Crippen LogP contribution is -2.25. The van der Waals surface area contributed by atoms with Crippen LogP contribution in [0, 0.1) is 0 Å². The van der Waals surface area contributed by atoms with E-state index < -0.39 is 5.97 Å². The van der Waals surface area contributed by atoms with Crippen LogP contribution in [0.1, 0.15) is 53.8 Å². The molecule has 1 aromatic heterocycles. The Labute approximate surface area is 152 Å². The van der Waals surface area contributed by atoms with E-state index in [1.165, 1.54) is 22.3 Å². The Morgan fingerprint density at radius 1 is 1.16 bits per heavy atom. The zero-order valence-corrected chi connectivity index (χ0v) is 15.7. The van der Waals surface area contributed by atoms with Crippen molar-refractivity contribution >= 4 is 23.2 Å². The van der Waals surface area contributed by atoms with Gasteiger partial charge in [0.25, 0.3) is 0 Å². The monoisotopic (exact) mass is 360 g/mol. The molecular formula is C19H24N2O3S. The van der Waals surface area contributed by atoms with E-state index in [1.807, 2.05) is 0 Å². The van der Waals surface area contributed by atoms with Crippen molar-refractivity contribution in [3.8, 4) is 0 Å². The Morgan fingerprint density at radius 3 is 2.40 bits per heavy atom. The van der Waals surface area contributed by atoms with Crippen molar-refractivity contribution < 1.29 is 14.7 Å². The van der Waals surface area contributed by atoms with Gasteiger partial charge in [-0.15, -0.1) is 11.3 Å². The third kappa shape index (κ3) is 5.98. The number of aromatic nitrogens is 1. The van der Waals surface area contributed by atoms with E-state index in [2.05, 4.69) is 55.3 Å². The molecule has 2 rings (SSSR count). The van der Waals surface area contributed by atoms with Gasteiger partial charge in [-0.05, 0) is 23.0 Å². The molecule has 2 N–H and O–H groups in total. The van der Waals surface area contributed by atoms with Gasteiger partial charge >= 0.3 is 5.97 Å². The molecule has 1 heterocycles. The van der Waals surface area contributed by atoms with E-state index in [0.717, 1.165) is 10.6 Å². The molecule has 0 bridgehead atoms. The van der Waals surface area contributed by atoms with Crippen molar-refractivity contribution in [1.29, 1.82) is 0 Å². The molecule has 0 spiro atoms. The van der Waals surface area contributed by atoms with Gasteiger partial charge < -0.3 is 10.4 Å². The summed E-state index contributed by atoms with van der Waals surface area (Å²) in [5.74, 6) is -1.03. The van der Waals surface area contributed by atoms with Crippen molar-refractivity contribution in [2.45, 2.75) is 45.4 Å². The zero-order chi connectivity index (χ0) is 18.4. The van der Waals surface area contributed by atoms with E-state index in [9.17, 15) is 9.59 Å². The first-order chi connectivity index (χ1) is 11.8. The second-order valence-electron chi connectivity index (χ2n) is 6.98. The highest BCUT2D eigenvalue weighted by Gasteiger charge is 2.13. The summed E-state index contributed by atoms with van der Waals surface area (Å²) in [5, 5.41) is 13.9. The summed E-state index contributed by atoms with van der Waals surface area (Å²) < 4.78 is 0. The van der Waals surface area contributed by atoms with Crippen molar-refractivity contribution in [1.82, 2.24) is 10.3 Å². The highest BCUT2D eigenvalue weighted by molar-refractivity contribution is 7.09. The number of carboxylic acids is 1. The number of nitrogens with one attached hydrogen (secondary N) is 1. The molecule has 0 aliphatic heterocycles. The van der Waals surface area contributed by atoms with Crippen LogP contribution in [0.2, 0.25) is 0 Å². The molecule has 1 amide bonds. The standard InChI is InChI=1S/C19H24N2O3S/c1-19(2,3)14-7-4-13(5-8-14)6-9-16(22)20-11-10-17-21-15(12-25-17)18(23)24/h4-5,7-8,12H,6,9-11H2,1-3H3,(H,20,22)(H,23,24). The van der Waals surface area contributed by atoms with Gasteiger partial charge in [-0.2, -0.15) is 0 Å². The molecule has 134 valence electrons. The third-order valence-corrected chi connectivity index (χ3v) is 4.80. The molecule has 0 aliphatic carbocycles. The average Bonchev–Trinajstić information content (AvgIpc) is 3.02. The first-order valence-electron chi connectivity index (χ1n) is 8.29. The number of aryl methyl sites for hydroxylation is 1. The van der Waals surface area contributed by atoms with Gasteiger partial charge in [-0.1, -0.05) is 45.0 Å². The molecule has 1 aromatic carbocycles. The van der Waals surface area contributed by atoms with Gasteiger partial charge in [0.2, 0.25) is 5.91 Å². The summed E-state index contributed by atoms with van der Waals surface area (Å²) >= 11 is 1.30. The van der Waals surface area contributed by atoms with Crippen molar-refractivity contribution in [2.24, 2.45) is 0 Å². The number of aromatic carboxylic acids is 1. The second kappa shape index (κ2) is 8.25. The average molecular weight is 360 g/mol. The fraction of sp³-hybridized carbons (Fsp3) is 0.421. The lowest BCUT2D eigenvalue weighted by molar-refractivity contribution is -0.121. The van der Waals surface area contributed by atoms with Crippen LogP contribution >= 0.6 is 11.3 Å². The van der Waals surface area contributed by atoms with E-state index in [4.69, 9.17) is 5.11 Å². The van der Waals surface area contributed by atoms with E-state index >= 15 is 0 Å². The summed E-state index contributed by atoms with van der Waals surface area (Å²) in [6.07, 6.45) is 1.69. The molecule has 0 radical (unpaired) electrons. The highest BCUT2D eigenvalue weighted by atomic mass is 32.1. The van der Waals surface area contributed by atoms with Crippen molar-refractivity contribution in [3.63, 3.8) is 0 Å². The van der Waals surface area contributed by atoms with Crippen LogP contribution < -0.4 is 5.32 Å². The Bertz CT molecular complexity index is 730. The molecule has 0 fully saturated rings. The van der Waals surface area contributed by atoms with Gasteiger partial charge in [-0.3, -0.25) is 4.79 Å². The van der Waals surface area contributed by atoms with Gasteiger partial charge in [0.05, 0.1) is 5.01 Å². The van der Waals surface area contributed by atoms with Gasteiger partial charge in [-0.25, -0.2) is 9.78 Å². The van der Waals surface area contributed by atoms with E-state index in [1.54, 1.807) is 0 Å². The van der Waals surface area contributed by atoms with Crippen LogP contribution in [0.5, 0.6) is 0 Å². The summed E-state index contributed by atoms with van der Waals surface area (Å²) in [7, 11) is 0. The molecule has 0 saturated heterocycles. The lowest BCUT2D eigenvalue weighted by atomic mass is 9.86. The minimum Gasteiger partial charge on any atom is -0.476 e. The lowest BCUT2D eigenvalue weighted by Gasteiger charge is -2.19. The van der Waals surface area contributed by atoms with Crippen LogP contribution in [0.3, 0.4) is 0 Å². The number of hydrogen-bond acceptors (Lipinski definition) is 4. The Kier molecular flexibility index (Phi) is 6.31. The molecule has 5 nitrogen and oxygen atoms in total. The Hall–Kier alpha value is -2.21. The number of carbonyl (C=O) groups is 2. The first-order valence-corrected chi connectivity index (χ1v) is 9.17. The van der Waals surface area contributed by atoms with Crippen LogP contribution in [-0.4, -0.2) is 28.5 Å². The Balaban J connectivity index is 1.72. The summed E-state index contributed by atoms with van der Waals surface area (Å²) in [6, 6.07) is 8.40. The zero-order valence-electron chi connectivity index (χ0n) is 14.8. The Morgan fingerprint density at radius 2 is 1.84 bits per heavy atom. The topological polar surface area (TPSA) is 79.3 Å². The molecule has 0 atom stereocenters. The maximum atomic E-state index is 11.9. The number of rotatable bonds is 7. The quantitative estimate of drug-likeness (QED) is 0.793. The summed E-state index contributed by atoms with van der Waals surface area (Å²) in [4.78, 5) is 26.7. The highest BCUT2D eigenvalue weighted by Crippen LogP contribution is 2.22. The summed E-state index contributed by atoms with van der Waals surface area (Å²) in [5.41, 5.74) is 2.62. The van der Waals surface area contributed by atoms with Crippen molar-refractivity contribution in [3.05, 3.63) is 51.5 Å². The van der Waals surface area contributed by atoms with Crippen molar-refractivity contribution in [2.75, 3.05) is 6.54 Å². The van der Waals surface area contributed by atoms with Gasteiger partial charge in [0.1, 0.15) is 0 Å². The van der Waals surface area contributed by atoms with Crippen LogP contribution in [-0.2, 0) is 23.1 Å². The van der Waals surface area contributed by atoms with E-state index in [-0.39, 0.29) is 17.0 Å². The van der Waals surface area contributed by atoms with Gasteiger partial charge in [0, 0.05) is 24.8 Å². The number of amides is 1. The number of hydrogen-bond donors (Lipinski definition) is 2. The maximum Gasteiger partial charge on any atom is 0.355 e. The molecule has 25 heavy (non-hydrogen) atoms. The number of thiazole rings is 1. The largest absolute Gasteiger partial charge is 0.476 e. The van der Waals surface area contributed by atoms with Crippen LogP contribution in [0.25, 0.3) is 0 Å². The molecule has 0 aliphatic rings. The predicted octanol–water partition coefficient (Wildman–Crippen LogP) is 3.43. The number of nitrogens with zero attached hydrogens (tertiary/aromatic N) is 1. The first kappa shape index (κ1) is 19.1.